The molecule has 0 saturated heterocycles. The van der Waals surface area contributed by atoms with E-state index in [2.05, 4.69) is 16.4 Å². The fraction of sp³-hybridized carbons (Fsp3) is 0.385. The first kappa shape index (κ1) is 23.4. The van der Waals surface area contributed by atoms with Crippen LogP contribution < -0.4 is 5.32 Å². The second-order valence-corrected chi connectivity index (χ2v) is 10.9. The van der Waals surface area contributed by atoms with Crippen LogP contribution in [0.1, 0.15) is 49.7 Å². The summed E-state index contributed by atoms with van der Waals surface area (Å²) in [5.74, 6) is -0.0607. The molecule has 2 aromatic rings. The number of benzene rings is 1. The smallest absolute Gasteiger partial charge is 0.243 e. The van der Waals surface area contributed by atoms with Crippen LogP contribution in [-0.4, -0.2) is 36.1 Å². The number of hydrogen-bond donors (Lipinski definition) is 1. The van der Waals surface area contributed by atoms with E-state index < -0.39 is 15.6 Å². The van der Waals surface area contributed by atoms with Crippen molar-refractivity contribution in [3.05, 3.63) is 83.3 Å². The Labute approximate surface area is 196 Å². The lowest BCUT2D eigenvalue weighted by atomic mass is 9.84. The largest absolute Gasteiger partial charge is 0.381 e. The van der Waals surface area contributed by atoms with Crippen molar-refractivity contribution in [3.8, 4) is 0 Å². The van der Waals surface area contributed by atoms with Gasteiger partial charge in [-0.3, -0.25) is 9.78 Å². The Morgan fingerprint density at radius 1 is 1.09 bits per heavy atom. The van der Waals surface area contributed by atoms with Crippen LogP contribution in [0.3, 0.4) is 0 Å². The fourth-order valence-electron chi connectivity index (χ4n) is 4.75. The topological polar surface area (TPSA) is 79.4 Å². The lowest BCUT2D eigenvalue weighted by molar-refractivity contribution is -0.124. The molecule has 0 atom stereocenters. The van der Waals surface area contributed by atoms with E-state index in [0.29, 0.717) is 31.4 Å². The zero-order valence-electron chi connectivity index (χ0n) is 19.3. The average molecular weight is 466 g/mol. The second kappa shape index (κ2) is 9.61. The van der Waals surface area contributed by atoms with Crippen LogP contribution in [0.5, 0.6) is 0 Å². The van der Waals surface area contributed by atoms with Crippen molar-refractivity contribution in [1.82, 2.24) is 14.6 Å². The number of Topliss-reactive ketones (excluding diaryl/α,β-unsaturated/α-hetero) is 1. The minimum absolute atomic E-state index is 0.0607. The fourth-order valence-corrected chi connectivity index (χ4v) is 6.27. The number of carbonyl (C=O) groups is 1. The maximum atomic E-state index is 13.9. The van der Waals surface area contributed by atoms with E-state index >= 15 is 0 Å². The Bertz CT molecular complexity index is 1160. The van der Waals surface area contributed by atoms with E-state index in [-0.39, 0.29) is 10.7 Å². The Hall–Kier alpha value is -2.77. The van der Waals surface area contributed by atoms with E-state index in [4.69, 9.17) is 0 Å². The number of hydrogen-bond acceptors (Lipinski definition) is 5. The van der Waals surface area contributed by atoms with Gasteiger partial charge in [0, 0.05) is 31.7 Å². The van der Waals surface area contributed by atoms with Crippen LogP contribution in [0.25, 0.3) is 0 Å². The Morgan fingerprint density at radius 2 is 1.76 bits per heavy atom. The standard InChI is InChI=1S/C26H31N3O3S/c1-20-8-10-24(11-9-20)33(31,32)29(2)26(14-3-4-15-26)25(30)22-6-5-7-23(18-22)28-19-21-12-16-27-17-13-21/h7-13,16-18,28H,3-6,14-15,19H2,1-2H3. The molecular formula is C26H31N3O3S. The molecular weight excluding hydrogens is 434 g/mol. The highest BCUT2D eigenvalue weighted by Gasteiger charge is 2.50. The summed E-state index contributed by atoms with van der Waals surface area (Å²) >= 11 is 0. The highest BCUT2D eigenvalue weighted by atomic mass is 32.2. The Balaban J connectivity index is 1.58. The van der Waals surface area contributed by atoms with Crippen LogP contribution in [0.2, 0.25) is 0 Å². The van der Waals surface area contributed by atoms with Crippen molar-refractivity contribution in [2.75, 3.05) is 7.05 Å². The average Bonchev–Trinajstić information content (AvgIpc) is 3.34. The summed E-state index contributed by atoms with van der Waals surface area (Å²) in [4.78, 5) is 18.1. The normalized spacial score (nSPS) is 18.0. The van der Waals surface area contributed by atoms with Crippen LogP contribution in [0, 0.1) is 6.92 Å². The number of nitrogens with one attached hydrogen (secondary N) is 1. The zero-order valence-corrected chi connectivity index (χ0v) is 20.1. The third-order valence-corrected chi connectivity index (χ3v) is 8.72. The Morgan fingerprint density at radius 3 is 2.42 bits per heavy atom. The molecule has 1 saturated carbocycles. The molecule has 1 aromatic carbocycles. The van der Waals surface area contributed by atoms with E-state index in [9.17, 15) is 13.2 Å². The van der Waals surface area contributed by atoms with Gasteiger partial charge in [-0.2, -0.15) is 4.31 Å². The van der Waals surface area contributed by atoms with Crippen LogP contribution >= 0.6 is 0 Å². The zero-order chi connectivity index (χ0) is 23.5. The Kier molecular flexibility index (Phi) is 6.81. The summed E-state index contributed by atoms with van der Waals surface area (Å²) in [5.41, 5.74) is 2.67. The van der Waals surface area contributed by atoms with Gasteiger partial charge in [-0.15, -0.1) is 0 Å². The summed E-state index contributed by atoms with van der Waals surface area (Å²) in [6, 6.07) is 10.7. The summed E-state index contributed by atoms with van der Waals surface area (Å²) in [6.07, 6.45) is 11.7. The summed E-state index contributed by atoms with van der Waals surface area (Å²) in [6.45, 7) is 2.56. The van der Waals surface area contributed by atoms with Gasteiger partial charge in [0.25, 0.3) is 0 Å². The van der Waals surface area contributed by atoms with Gasteiger partial charge in [0.2, 0.25) is 10.0 Å². The van der Waals surface area contributed by atoms with Gasteiger partial charge >= 0.3 is 0 Å². The van der Waals surface area contributed by atoms with Crippen molar-refractivity contribution in [3.63, 3.8) is 0 Å². The minimum atomic E-state index is -3.79. The number of rotatable bonds is 8. The minimum Gasteiger partial charge on any atom is -0.381 e. The lowest BCUT2D eigenvalue weighted by Crippen LogP contribution is -2.53. The highest BCUT2D eigenvalue weighted by molar-refractivity contribution is 7.89. The van der Waals surface area contributed by atoms with Crippen molar-refractivity contribution in [2.24, 2.45) is 0 Å². The van der Waals surface area contributed by atoms with Gasteiger partial charge in [0.05, 0.1) is 10.4 Å². The third-order valence-electron chi connectivity index (χ3n) is 6.78. The van der Waals surface area contributed by atoms with Crippen molar-refractivity contribution >= 4 is 15.8 Å². The van der Waals surface area contributed by atoms with Gasteiger partial charge in [-0.05, 0) is 74.1 Å². The van der Waals surface area contributed by atoms with Crippen molar-refractivity contribution in [2.45, 2.75) is 62.4 Å². The SMILES string of the molecule is Cc1ccc(S(=O)(=O)N(C)C2(C(=O)C3=CC(NCc4ccncc4)=CCC3)CCCC2)cc1. The molecule has 174 valence electrons. The monoisotopic (exact) mass is 465 g/mol. The molecule has 0 unspecified atom stereocenters. The molecule has 1 fully saturated rings. The van der Waals surface area contributed by atoms with Crippen molar-refractivity contribution in [1.29, 1.82) is 0 Å². The molecule has 6 nitrogen and oxygen atoms in total. The van der Waals surface area contributed by atoms with Crippen LogP contribution in [0.15, 0.2) is 77.1 Å². The number of ketones is 1. The number of carbonyl (C=O) groups excluding carboxylic acids is 1. The predicted octanol–water partition coefficient (Wildman–Crippen LogP) is 4.29. The van der Waals surface area contributed by atoms with E-state index in [1.807, 2.05) is 25.1 Å². The first-order valence-electron chi connectivity index (χ1n) is 11.5. The number of pyridine rings is 1. The van der Waals surface area contributed by atoms with Gasteiger partial charge in [0.1, 0.15) is 0 Å². The molecule has 0 aliphatic heterocycles. The summed E-state index contributed by atoms with van der Waals surface area (Å²) in [5, 5.41) is 3.39. The number of nitrogens with zero attached hydrogens (tertiary/aromatic N) is 2. The maximum Gasteiger partial charge on any atom is 0.243 e. The molecule has 33 heavy (non-hydrogen) atoms. The number of sulfonamides is 1. The molecule has 7 heteroatoms. The summed E-state index contributed by atoms with van der Waals surface area (Å²) < 4.78 is 28.3. The van der Waals surface area contributed by atoms with Gasteiger partial charge < -0.3 is 5.32 Å². The molecule has 0 bridgehead atoms. The molecule has 1 heterocycles. The van der Waals surface area contributed by atoms with Gasteiger partial charge in [0.15, 0.2) is 5.78 Å². The molecule has 0 amide bonds. The predicted molar refractivity (Wildman–Crippen MR) is 129 cm³/mol. The number of aryl methyl sites for hydroxylation is 1. The number of likely N-dealkylation sites (N-methyl/N-ethyl adjacent to an activating group) is 1. The number of aromatic nitrogens is 1. The van der Waals surface area contributed by atoms with Gasteiger partial charge in [-0.25, -0.2) is 8.42 Å². The molecule has 0 radical (unpaired) electrons. The molecule has 1 N–H and O–H groups in total. The second-order valence-electron chi connectivity index (χ2n) is 8.93. The number of allylic oxidation sites excluding steroid dienone is 2. The molecule has 2 aliphatic rings. The molecule has 0 spiro atoms. The van der Waals surface area contributed by atoms with Crippen molar-refractivity contribution < 1.29 is 13.2 Å². The van der Waals surface area contributed by atoms with Crippen LogP contribution in [-0.2, 0) is 21.4 Å². The summed E-state index contributed by atoms with van der Waals surface area (Å²) in [7, 11) is -2.22. The highest BCUT2D eigenvalue weighted by Crippen LogP contribution is 2.41. The molecule has 4 rings (SSSR count). The quantitative estimate of drug-likeness (QED) is 0.629. The first-order chi connectivity index (χ1) is 15.8. The molecule has 2 aliphatic carbocycles. The van der Waals surface area contributed by atoms with E-state index in [1.165, 1.54) is 4.31 Å². The van der Waals surface area contributed by atoms with Crippen LogP contribution in [0.4, 0.5) is 0 Å². The van der Waals surface area contributed by atoms with E-state index in [0.717, 1.165) is 36.1 Å². The molecule has 1 aromatic heterocycles. The maximum absolute atomic E-state index is 13.9. The van der Waals surface area contributed by atoms with E-state index in [1.54, 1.807) is 43.7 Å². The lowest BCUT2D eigenvalue weighted by Gasteiger charge is -2.37. The first-order valence-corrected chi connectivity index (χ1v) is 12.9. The third kappa shape index (κ3) is 4.80. The van der Waals surface area contributed by atoms with Gasteiger partial charge in [-0.1, -0.05) is 36.6 Å².